The molecule has 0 atom stereocenters. The molecular formula is C26H24N4O2. The van der Waals surface area contributed by atoms with Gasteiger partial charge in [0.15, 0.2) is 0 Å². The van der Waals surface area contributed by atoms with Crippen LogP contribution in [0.15, 0.2) is 85.2 Å². The van der Waals surface area contributed by atoms with Crippen LogP contribution in [0.5, 0.6) is 5.75 Å². The molecule has 2 N–H and O–H groups in total. The van der Waals surface area contributed by atoms with Crippen LogP contribution < -0.4 is 15.4 Å². The quantitative estimate of drug-likeness (QED) is 0.389. The molecule has 0 radical (unpaired) electrons. The summed E-state index contributed by atoms with van der Waals surface area (Å²) in [6, 6.07) is 24.6. The van der Waals surface area contributed by atoms with Crippen molar-refractivity contribution in [1.29, 1.82) is 0 Å². The molecule has 4 aromatic rings. The second-order valence-corrected chi connectivity index (χ2v) is 7.27. The Balaban J connectivity index is 1.46. The number of hydrogen-bond donors (Lipinski definition) is 2. The first kappa shape index (κ1) is 21.1. The molecule has 32 heavy (non-hydrogen) atoms. The van der Waals surface area contributed by atoms with E-state index in [1.165, 1.54) is 11.9 Å². The number of carbonyl (C=O) groups excluding carboxylic acids is 1. The number of rotatable bonds is 7. The summed E-state index contributed by atoms with van der Waals surface area (Å²) < 4.78 is 5.43. The smallest absolute Gasteiger partial charge is 0.255 e. The molecule has 6 heteroatoms. The molecule has 0 fully saturated rings. The van der Waals surface area contributed by atoms with E-state index in [2.05, 4.69) is 39.7 Å². The van der Waals surface area contributed by atoms with Crippen LogP contribution in [0.3, 0.4) is 0 Å². The first-order chi connectivity index (χ1) is 15.6. The average Bonchev–Trinajstić information content (AvgIpc) is 2.81. The van der Waals surface area contributed by atoms with Crippen molar-refractivity contribution >= 4 is 23.1 Å². The van der Waals surface area contributed by atoms with Crippen molar-refractivity contribution in [2.75, 3.05) is 17.2 Å². The van der Waals surface area contributed by atoms with Crippen LogP contribution in [0, 0.1) is 6.92 Å². The van der Waals surface area contributed by atoms with Gasteiger partial charge >= 0.3 is 0 Å². The van der Waals surface area contributed by atoms with Gasteiger partial charge < -0.3 is 15.4 Å². The summed E-state index contributed by atoms with van der Waals surface area (Å²) in [6.45, 7) is 4.58. The summed E-state index contributed by atoms with van der Waals surface area (Å²) in [4.78, 5) is 21.4. The Bertz CT molecular complexity index is 1210. The van der Waals surface area contributed by atoms with Crippen LogP contribution in [0.25, 0.3) is 11.3 Å². The van der Waals surface area contributed by atoms with Crippen LogP contribution in [-0.4, -0.2) is 22.5 Å². The summed E-state index contributed by atoms with van der Waals surface area (Å²) in [5.74, 6) is 1.23. The van der Waals surface area contributed by atoms with Gasteiger partial charge in [-0.2, -0.15) is 0 Å². The number of amides is 1. The van der Waals surface area contributed by atoms with E-state index in [0.29, 0.717) is 23.7 Å². The summed E-state index contributed by atoms with van der Waals surface area (Å²) in [6.07, 6.45) is 1.53. The lowest BCUT2D eigenvalue weighted by Gasteiger charge is -2.10. The number of nitrogens with one attached hydrogen (secondary N) is 2. The summed E-state index contributed by atoms with van der Waals surface area (Å²) >= 11 is 0. The van der Waals surface area contributed by atoms with E-state index in [9.17, 15) is 4.79 Å². The molecule has 1 heterocycles. The Morgan fingerprint density at radius 3 is 2.44 bits per heavy atom. The van der Waals surface area contributed by atoms with Gasteiger partial charge in [0, 0.05) is 28.6 Å². The summed E-state index contributed by atoms with van der Waals surface area (Å²) in [7, 11) is 0. The molecule has 6 nitrogen and oxygen atoms in total. The standard InChI is InChI=1S/C26H24N4O2/c1-3-32-23-13-11-21(12-14-23)30-26(31)20-5-4-6-22(15-20)29-25-16-24(27-17-28-25)19-9-7-18(2)8-10-19/h4-17H,3H2,1-2H3,(H,30,31)(H,27,28,29). The van der Waals surface area contributed by atoms with E-state index in [1.54, 1.807) is 12.1 Å². The molecule has 0 saturated heterocycles. The molecule has 0 aliphatic carbocycles. The molecular weight excluding hydrogens is 400 g/mol. The Morgan fingerprint density at radius 1 is 0.906 bits per heavy atom. The number of carbonyl (C=O) groups is 1. The van der Waals surface area contributed by atoms with Crippen molar-refractivity contribution in [3.63, 3.8) is 0 Å². The summed E-state index contributed by atoms with van der Waals surface area (Å²) in [5.41, 5.74) is 5.04. The fraction of sp³-hybridized carbons (Fsp3) is 0.115. The minimum Gasteiger partial charge on any atom is -0.494 e. The molecule has 0 unspecified atom stereocenters. The number of nitrogens with zero attached hydrogens (tertiary/aromatic N) is 2. The van der Waals surface area contributed by atoms with Crippen LogP contribution in [-0.2, 0) is 0 Å². The van der Waals surface area contributed by atoms with Crippen molar-refractivity contribution in [2.45, 2.75) is 13.8 Å². The number of hydrogen-bond acceptors (Lipinski definition) is 5. The fourth-order valence-corrected chi connectivity index (χ4v) is 3.20. The normalized spacial score (nSPS) is 10.4. The maximum atomic E-state index is 12.7. The largest absolute Gasteiger partial charge is 0.494 e. The van der Waals surface area contributed by atoms with Gasteiger partial charge in [0.2, 0.25) is 0 Å². The minimum absolute atomic E-state index is 0.194. The Morgan fingerprint density at radius 2 is 1.69 bits per heavy atom. The SMILES string of the molecule is CCOc1ccc(NC(=O)c2cccc(Nc3cc(-c4ccc(C)cc4)ncn3)c2)cc1. The van der Waals surface area contributed by atoms with Crippen molar-refractivity contribution in [3.05, 3.63) is 96.3 Å². The maximum absolute atomic E-state index is 12.7. The van der Waals surface area contributed by atoms with Gasteiger partial charge in [-0.1, -0.05) is 35.9 Å². The third-order valence-electron chi connectivity index (χ3n) is 4.83. The van der Waals surface area contributed by atoms with Crippen LogP contribution in [0.1, 0.15) is 22.8 Å². The van der Waals surface area contributed by atoms with Crippen LogP contribution in [0.4, 0.5) is 17.2 Å². The Kier molecular flexibility index (Phi) is 6.41. The van der Waals surface area contributed by atoms with E-state index < -0.39 is 0 Å². The monoisotopic (exact) mass is 424 g/mol. The highest BCUT2D eigenvalue weighted by Gasteiger charge is 2.08. The number of anilines is 3. The van der Waals surface area contributed by atoms with Gasteiger partial charge in [-0.3, -0.25) is 4.79 Å². The zero-order valence-corrected chi connectivity index (χ0v) is 18.0. The van der Waals surface area contributed by atoms with Gasteiger partial charge in [0.25, 0.3) is 5.91 Å². The van der Waals surface area contributed by atoms with Gasteiger partial charge in [-0.05, 0) is 56.3 Å². The predicted octanol–water partition coefficient (Wildman–Crippen LogP) is 5.85. The Hall–Kier alpha value is -4.19. The molecule has 0 bridgehead atoms. The second-order valence-electron chi connectivity index (χ2n) is 7.27. The van der Waals surface area contributed by atoms with E-state index in [0.717, 1.165) is 22.7 Å². The zero-order chi connectivity index (χ0) is 22.3. The lowest BCUT2D eigenvalue weighted by atomic mass is 10.1. The minimum atomic E-state index is -0.194. The number of aryl methyl sites for hydroxylation is 1. The van der Waals surface area contributed by atoms with Crippen molar-refractivity contribution in [2.24, 2.45) is 0 Å². The highest BCUT2D eigenvalue weighted by Crippen LogP contribution is 2.22. The van der Waals surface area contributed by atoms with Gasteiger partial charge in [0.1, 0.15) is 17.9 Å². The third-order valence-corrected chi connectivity index (χ3v) is 4.83. The fourth-order valence-electron chi connectivity index (χ4n) is 3.20. The van der Waals surface area contributed by atoms with E-state index >= 15 is 0 Å². The molecule has 0 aliphatic heterocycles. The van der Waals surface area contributed by atoms with Gasteiger partial charge in [0.05, 0.1) is 12.3 Å². The Labute approximate surface area is 187 Å². The molecule has 0 spiro atoms. The topological polar surface area (TPSA) is 76.1 Å². The van der Waals surface area contributed by atoms with Crippen molar-refractivity contribution in [1.82, 2.24) is 9.97 Å². The first-order valence-corrected chi connectivity index (χ1v) is 10.4. The lowest BCUT2D eigenvalue weighted by molar-refractivity contribution is 0.102. The average molecular weight is 425 g/mol. The molecule has 160 valence electrons. The number of ether oxygens (including phenoxy) is 1. The third kappa shape index (κ3) is 5.29. The molecule has 3 aromatic carbocycles. The summed E-state index contributed by atoms with van der Waals surface area (Å²) in [5, 5.41) is 6.16. The molecule has 0 saturated carbocycles. The van der Waals surface area contributed by atoms with E-state index in [1.807, 2.05) is 61.5 Å². The van der Waals surface area contributed by atoms with E-state index in [-0.39, 0.29) is 5.91 Å². The first-order valence-electron chi connectivity index (χ1n) is 10.4. The van der Waals surface area contributed by atoms with Crippen LogP contribution >= 0.6 is 0 Å². The number of aromatic nitrogens is 2. The maximum Gasteiger partial charge on any atom is 0.255 e. The molecule has 4 rings (SSSR count). The highest BCUT2D eigenvalue weighted by atomic mass is 16.5. The van der Waals surface area contributed by atoms with Gasteiger partial charge in [-0.25, -0.2) is 9.97 Å². The van der Waals surface area contributed by atoms with Crippen molar-refractivity contribution in [3.8, 4) is 17.0 Å². The van der Waals surface area contributed by atoms with E-state index in [4.69, 9.17) is 4.74 Å². The molecule has 1 amide bonds. The predicted molar refractivity (Wildman–Crippen MR) is 127 cm³/mol. The highest BCUT2D eigenvalue weighted by molar-refractivity contribution is 6.04. The molecule has 0 aliphatic rings. The zero-order valence-electron chi connectivity index (χ0n) is 18.0. The molecule has 1 aromatic heterocycles. The van der Waals surface area contributed by atoms with Gasteiger partial charge in [-0.15, -0.1) is 0 Å². The van der Waals surface area contributed by atoms with Crippen LogP contribution in [0.2, 0.25) is 0 Å². The second kappa shape index (κ2) is 9.75. The number of benzene rings is 3. The lowest BCUT2D eigenvalue weighted by Crippen LogP contribution is -2.12. The van der Waals surface area contributed by atoms with Crippen molar-refractivity contribution < 1.29 is 9.53 Å².